The maximum absolute atomic E-state index is 14.1. The first-order chi connectivity index (χ1) is 14.0. The fraction of sp³-hybridized carbons (Fsp3) is 0.524. The monoisotopic (exact) mass is 421 g/mol. The summed E-state index contributed by atoms with van der Waals surface area (Å²) in [6, 6.07) is 4.85. The van der Waals surface area contributed by atoms with Gasteiger partial charge in [-0.15, -0.1) is 0 Å². The molecule has 1 N–H and O–H groups in total. The van der Waals surface area contributed by atoms with E-state index in [9.17, 15) is 4.39 Å². The fourth-order valence-electron chi connectivity index (χ4n) is 3.58. The number of halogens is 2. The Morgan fingerprint density at radius 2 is 2.00 bits per heavy atom. The lowest BCUT2D eigenvalue weighted by Crippen LogP contribution is -2.52. The summed E-state index contributed by atoms with van der Waals surface area (Å²) in [6.07, 6.45) is 0.807. The number of aliphatic imine (C=N–C) groups is 1. The van der Waals surface area contributed by atoms with E-state index in [1.54, 1.807) is 12.1 Å². The highest BCUT2D eigenvalue weighted by Crippen LogP contribution is 2.21. The summed E-state index contributed by atoms with van der Waals surface area (Å²) in [5.41, 5.74) is 2.64. The Labute approximate surface area is 176 Å². The molecule has 1 aromatic heterocycles. The molecule has 0 spiro atoms. The van der Waals surface area contributed by atoms with E-state index in [4.69, 9.17) is 21.1 Å². The number of aryl methyl sites for hydroxylation is 2. The Morgan fingerprint density at radius 3 is 2.62 bits per heavy atom. The number of piperazine rings is 1. The van der Waals surface area contributed by atoms with Gasteiger partial charge < -0.3 is 14.7 Å². The molecule has 2 heterocycles. The van der Waals surface area contributed by atoms with E-state index in [0.717, 1.165) is 62.1 Å². The lowest BCUT2D eigenvalue weighted by Gasteiger charge is -2.36. The molecule has 0 unspecified atom stereocenters. The minimum atomic E-state index is -0.242. The van der Waals surface area contributed by atoms with E-state index in [0.29, 0.717) is 23.7 Å². The van der Waals surface area contributed by atoms with E-state index >= 15 is 0 Å². The number of aromatic nitrogens is 1. The van der Waals surface area contributed by atoms with Gasteiger partial charge in [0.2, 0.25) is 0 Å². The number of hydrogen-bond donors (Lipinski definition) is 1. The van der Waals surface area contributed by atoms with Crippen molar-refractivity contribution in [1.82, 2.24) is 20.3 Å². The molecule has 1 aliphatic heterocycles. The predicted octanol–water partition coefficient (Wildman–Crippen LogP) is 3.41. The number of guanidine groups is 1. The van der Waals surface area contributed by atoms with Gasteiger partial charge in [-0.3, -0.25) is 9.89 Å². The molecular formula is C21H29ClFN5O. The van der Waals surface area contributed by atoms with Crippen LogP contribution >= 0.6 is 11.6 Å². The normalized spacial score (nSPS) is 15.8. The summed E-state index contributed by atoms with van der Waals surface area (Å²) in [5.74, 6) is 1.54. The summed E-state index contributed by atoms with van der Waals surface area (Å²) in [5, 5.41) is 7.87. The van der Waals surface area contributed by atoms with Crippen LogP contribution in [0.25, 0.3) is 0 Å². The Kier molecular flexibility index (Phi) is 7.50. The molecule has 6 nitrogen and oxygen atoms in total. The van der Waals surface area contributed by atoms with Crippen molar-refractivity contribution in [3.8, 4) is 0 Å². The van der Waals surface area contributed by atoms with Gasteiger partial charge in [0, 0.05) is 62.0 Å². The fourth-order valence-corrected chi connectivity index (χ4v) is 3.81. The molecule has 2 aromatic rings. The molecule has 8 heteroatoms. The minimum absolute atomic E-state index is 0.242. The third-order valence-corrected chi connectivity index (χ3v) is 5.61. The average molecular weight is 422 g/mol. The van der Waals surface area contributed by atoms with Crippen LogP contribution in [0.5, 0.6) is 0 Å². The highest BCUT2D eigenvalue weighted by molar-refractivity contribution is 6.31. The molecule has 1 fully saturated rings. The molecule has 1 aromatic carbocycles. The summed E-state index contributed by atoms with van der Waals surface area (Å²) >= 11 is 6.17. The molecule has 29 heavy (non-hydrogen) atoms. The van der Waals surface area contributed by atoms with E-state index < -0.39 is 0 Å². The Morgan fingerprint density at radius 1 is 1.24 bits per heavy atom. The number of hydrogen-bond acceptors (Lipinski definition) is 4. The molecule has 0 saturated carbocycles. The molecule has 1 aliphatic rings. The second kappa shape index (κ2) is 10.1. The first-order valence-electron chi connectivity index (χ1n) is 10.1. The highest BCUT2D eigenvalue weighted by Gasteiger charge is 2.21. The van der Waals surface area contributed by atoms with Crippen LogP contribution in [0.4, 0.5) is 4.39 Å². The van der Waals surface area contributed by atoms with Gasteiger partial charge in [-0.25, -0.2) is 4.39 Å². The van der Waals surface area contributed by atoms with Crippen LogP contribution in [0.1, 0.15) is 29.5 Å². The maximum atomic E-state index is 14.1. The van der Waals surface area contributed by atoms with Gasteiger partial charge in [-0.05, 0) is 39.3 Å². The lowest BCUT2D eigenvalue weighted by molar-refractivity contribution is 0.171. The van der Waals surface area contributed by atoms with Crippen LogP contribution in [-0.4, -0.2) is 60.2 Å². The smallest absolute Gasteiger partial charge is 0.194 e. The SMILES string of the molecule is CCNC(=NCCc1c(C)noc1C)N1CCN(Cc2c(F)cccc2Cl)CC1. The summed E-state index contributed by atoms with van der Waals surface area (Å²) in [7, 11) is 0. The van der Waals surface area contributed by atoms with Crippen LogP contribution in [0.3, 0.4) is 0 Å². The zero-order valence-corrected chi connectivity index (χ0v) is 18.1. The van der Waals surface area contributed by atoms with Crippen LogP contribution in [-0.2, 0) is 13.0 Å². The Hall–Kier alpha value is -2.12. The standard InChI is InChI=1S/C21H29ClFN5O/c1-4-24-21(25-9-8-17-15(2)26-29-16(17)3)28-12-10-27(11-13-28)14-18-19(22)6-5-7-20(18)23/h5-7H,4,8-14H2,1-3H3,(H,24,25). The van der Waals surface area contributed by atoms with Crippen molar-refractivity contribution in [2.45, 2.75) is 33.7 Å². The van der Waals surface area contributed by atoms with Crippen LogP contribution in [0.15, 0.2) is 27.7 Å². The third kappa shape index (κ3) is 5.48. The number of benzene rings is 1. The zero-order chi connectivity index (χ0) is 20.8. The van der Waals surface area contributed by atoms with Gasteiger partial charge in [0.25, 0.3) is 0 Å². The first-order valence-corrected chi connectivity index (χ1v) is 10.5. The van der Waals surface area contributed by atoms with Crippen molar-refractivity contribution < 1.29 is 8.91 Å². The minimum Gasteiger partial charge on any atom is -0.361 e. The quantitative estimate of drug-likeness (QED) is 0.572. The molecule has 1 saturated heterocycles. The molecule has 3 rings (SSSR count). The van der Waals surface area contributed by atoms with Gasteiger partial charge >= 0.3 is 0 Å². The van der Waals surface area contributed by atoms with E-state index in [-0.39, 0.29) is 5.82 Å². The maximum Gasteiger partial charge on any atom is 0.194 e. The van der Waals surface area contributed by atoms with E-state index in [1.807, 2.05) is 13.8 Å². The Balaban J connectivity index is 1.56. The van der Waals surface area contributed by atoms with Gasteiger partial charge in [0.1, 0.15) is 11.6 Å². The zero-order valence-electron chi connectivity index (χ0n) is 17.3. The molecule has 0 aliphatic carbocycles. The van der Waals surface area contributed by atoms with Crippen LogP contribution < -0.4 is 5.32 Å². The van der Waals surface area contributed by atoms with Crippen LogP contribution in [0, 0.1) is 19.7 Å². The van der Waals surface area contributed by atoms with Gasteiger partial charge in [-0.1, -0.05) is 22.8 Å². The highest BCUT2D eigenvalue weighted by atomic mass is 35.5. The number of nitrogens with zero attached hydrogens (tertiary/aromatic N) is 4. The Bertz CT molecular complexity index is 806. The largest absolute Gasteiger partial charge is 0.361 e. The molecule has 0 atom stereocenters. The van der Waals surface area contributed by atoms with Crippen molar-refractivity contribution in [2.75, 3.05) is 39.3 Å². The summed E-state index contributed by atoms with van der Waals surface area (Å²) < 4.78 is 19.3. The third-order valence-electron chi connectivity index (χ3n) is 5.25. The number of rotatable bonds is 6. The lowest BCUT2D eigenvalue weighted by atomic mass is 10.1. The summed E-state index contributed by atoms with van der Waals surface area (Å²) in [6.45, 7) is 11.3. The van der Waals surface area contributed by atoms with E-state index in [1.165, 1.54) is 6.07 Å². The van der Waals surface area contributed by atoms with Crippen molar-refractivity contribution in [3.63, 3.8) is 0 Å². The predicted molar refractivity (Wildman–Crippen MR) is 114 cm³/mol. The van der Waals surface area contributed by atoms with Crippen molar-refractivity contribution in [1.29, 1.82) is 0 Å². The van der Waals surface area contributed by atoms with Gasteiger partial charge in [0.05, 0.1) is 5.69 Å². The van der Waals surface area contributed by atoms with Crippen molar-refractivity contribution in [3.05, 3.63) is 51.6 Å². The molecule has 0 bridgehead atoms. The second-order valence-electron chi connectivity index (χ2n) is 7.25. The van der Waals surface area contributed by atoms with Crippen LogP contribution in [0.2, 0.25) is 5.02 Å². The van der Waals surface area contributed by atoms with Gasteiger partial charge in [0.15, 0.2) is 5.96 Å². The van der Waals surface area contributed by atoms with Crippen molar-refractivity contribution >= 4 is 17.6 Å². The molecule has 0 radical (unpaired) electrons. The first kappa shape index (κ1) is 21.6. The summed E-state index contributed by atoms with van der Waals surface area (Å²) in [4.78, 5) is 9.28. The van der Waals surface area contributed by atoms with E-state index in [2.05, 4.69) is 27.2 Å². The average Bonchev–Trinajstić information content (AvgIpc) is 3.03. The molecule has 0 amide bonds. The van der Waals surface area contributed by atoms with Gasteiger partial charge in [-0.2, -0.15) is 0 Å². The topological polar surface area (TPSA) is 56.9 Å². The molecule has 158 valence electrons. The number of nitrogens with one attached hydrogen (secondary N) is 1. The molecular weight excluding hydrogens is 393 g/mol. The second-order valence-corrected chi connectivity index (χ2v) is 7.66. The van der Waals surface area contributed by atoms with Crippen molar-refractivity contribution in [2.24, 2.45) is 4.99 Å².